The van der Waals surface area contributed by atoms with Crippen molar-refractivity contribution >= 4 is 0 Å². The largest absolute Gasteiger partial charge is 0.389 e. The fourth-order valence-corrected chi connectivity index (χ4v) is 1.95. The fourth-order valence-electron chi connectivity index (χ4n) is 1.95. The maximum atomic E-state index is 9.68. The summed E-state index contributed by atoms with van der Waals surface area (Å²) >= 11 is 0. The van der Waals surface area contributed by atoms with Crippen molar-refractivity contribution in [1.82, 2.24) is 5.32 Å². The lowest BCUT2D eigenvalue weighted by atomic mass is 9.88. The Bertz CT molecular complexity index is 177. The summed E-state index contributed by atoms with van der Waals surface area (Å²) in [5.74, 6) is 0. The van der Waals surface area contributed by atoms with Crippen LogP contribution in [0.5, 0.6) is 0 Å². The van der Waals surface area contributed by atoms with Gasteiger partial charge in [0.15, 0.2) is 0 Å². The average molecular weight is 203 g/mol. The van der Waals surface area contributed by atoms with Crippen LogP contribution in [0.15, 0.2) is 0 Å². The van der Waals surface area contributed by atoms with E-state index in [-0.39, 0.29) is 12.1 Å². The summed E-state index contributed by atoms with van der Waals surface area (Å²) in [6.45, 7) is 3.91. The number of nitrogens with one attached hydrogen (secondary N) is 1. The summed E-state index contributed by atoms with van der Waals surface area (Å²) in [4.78, 5) is 0. The Morgan fingerprint density at radius 1 is 1.07 bits per heavy atom. The van der Waals surface area contributed by atoms with Crippen LogP contribution in [-0.4, -0.2) is 45.7 Å². The molecule has 4 heteroatoms. The van der Waals surface area contributed by atoms with E-state index >= 15 is 0 Å². The van der Waals surface area contributed by atoms with Gasteiger partial charge in [-0.1, -0.05) is 19.8 Å². The molecule has 0 aromatic heterocycles. The number of hydrogen-bond acceptors (Lipinski definition) is 4. The zero-order valence-electron chi connectivity index (χ0n) is 8.85. The van der Waals surface area contributed by atoms with Gasteiger partial charge in [-0.05, 0) is 13.3 Å². The molecule has 1 saturated heterocycles. The second-order valence-electron chi connectivity index (χ2n) is 4.18. The highest BCUT2D eigenvalue weighted by Gasteiger charge is 2.39. The minimum absolute atomic E-state index is 0.0941. The molecule has 1 aliphatic heterocycles. The van der Waals surface area contributed by atoms with Crippen LogP contribution in [0.25, 0.3) is 0 Å². The van der Waals surface area contributed by atoms with Gasteiger partial charge in [0.25, 0.3) is 0 Å². The van der Waals surface area contributed by atoms with E-state index in [1.807, 2.05) is 6.92 Å². The van der Waals surface area contributed by atoms with Crippen LogP contribution in [0.2, 0.25) is 0 Å². The maximum Gasteiger partial charge on any atom is 0.109 e. The predicted octanol–water partition coefficient (Wildman–Crippen LogP) is -0.380. The third-order valence-corrected chi connectivity index (χ3v) is 2.97. The van der Waals surface area contributed by atoms with Gasteiger partial charge in [-0.3, -0.25) is 0 Å². The van der Waals surface area contributed by atoms with Crippen LogP contribution in [0.3, 0.4) is 0 Å². The number of aliphatic hydroxyl groups excluding tert-OH is 3. The minimum atomic E-state index is -1.02. The van der Waals surface area contributed by atoms with Crippen LogP contribution < -0.4 is 5.32 Å². The zero-order chi connectivity index (χ0) is 10.7. The van der Waals surface area contributed by atoms with Crippen LogP contribution in [0, 0.1) is 0 Å². The zero-order valence-corrected chi connectivity index (χ0v) is 8.85. The Hall–Kier alpha value is -0.160. The highest BCUT2D eigenvalue weighted by molar-refractivity contribution is 4.96. The monoisotopic (exact) mass is 203 g/mol. The smallest absolute Gasteiger partial charge is 0.109 e. The molecule has 5 atom stereocenters. The molecule has 0 spiro atoms. The lowest BCUT2D eigenvalue weighted by molar-refractivity contribution is -0.111. The SMILES string of the molecule is CCCCC1N[C@H](C)[C@H](O)[C@H](O)[C@H]1O. The van der Waals surface area contributed by atoms with E-state index in [2.05, 4.69) is 12.2 Å². The van der Waals surface area contributed by atoms with Gasteiger partial charge in [-0.25, -0.2) is 0 Å². The second-order valence-corrected chi connectivity index (χ2v) is 4.18. The first kappa shape index (κ1) is 11.9. The van der Waals surface area contributed by atoms with Gasteiger partial charge in [-0.15, -0.1) is 0 Å². The Morgan fingerprint density at radius 3 is 2.29 bits per heavy atom. The predicted molar refractivity (Wildman–Crippen MR) is 53.9 cm³/mol. The molecule has 14 heavy (non-hydrogen) atoms. The molecule has 1 unspecified atom stereocenters. The standard InChI is InChI=1S/C10H21NO3/c1-3-4-5-7-9(13)10(14)8(12)6(2)11-7/h6-14H,3-5H2,1-2H3/t6-,7?,8+,9+,10+/m1/s1. The molecule has 4 N–H and O–H groups in total. The number of piperidine rings is 1. The van der Waals surface area contributed by atoms with Crippen LogP contribution in [0.1, 0.15) is 33.1 Å². The molecule has 1 rings (SSSR count). The number of aliphatic hydroxyl groups is 3. The topological polar surface area (TPSA) is 72.7 Å². The molecule has 0 saturated carbocycles. The lowest BCUT2D eigenvalue weighted by Crippen LogP contribution is -2.63. The van der Waals surface area contributed by atoms with Crippen molar-refractivity contribution in [3.63, 3.8) is 0 Å². The van der Waals surface area contributed by atoms with E-state index in [1.54, 1.807) is 0 Å². The van der Waals surface area contributed by atoms with E-state index in [1.165, 1.54) is 0 Å². The maximum absolute atomic E-state index is 9.68. The number of hydrogen-bond donors (Lipinski definition) is 4. The molecule has 84 valence electrons. The van der Waals surface area contributed by atoms with Crippen LogP contribution in [-0.2, 0) is 0 Å². The molecule has 0 radical (unpaired) electrons. The Morgan fingerprint density at radius 2 is 1.71 bits per heavy atom. The van der Waals surface area contributed by atoms with E-state index in [4.69, 9.17) is 0 Å². The molecule has 0 bridgehead atoms. The Balaban J connectivity index is 2.52. The van der Waals surface area contributed by atoms with Crippen molar-refractivity contribution in [3.05, 3.63) is 0 Å². The molecule has 1 fully saturated rings. The molecular weight excluding hydrogens is 182 g/mol. The third-order valence-electron chi connectivity index (χ3n) is 2.97. The van der Waals surface area contributed by atoms with E-state index in [9.17, 15) is 15.3 Å². The van der Waals surface area contributed by atoms with Gasteiger partial charge in [0, 0.05) is 12.1 Å². The highest BCUT2D eigenvalue weighted by Crippen LogP contribution is 2.18. The fraction of sp³-hybridized carbons (Fsp3) is 1.00. The summed E-state index contributed by atoms with van der Waals surface area (Å²) in [7, 11) is 0. The van der Waals surface area contributed by atoms with Gasteiger partial charge in [0.2, 0.25) is 0 Å². The van der Waals surface area contributed by atoms with Gasteiger partial charge in [0.05, 0.1) is 12.2 Å². The molecule has 0 amide bonds. The molecular formula is C10H21NO3. The summed E-state index contributed by atoms with van der Waals surface area (Å²) in [6, 6.07) is -0.251. The molecule has 4 nitrogen and oxygen atoms in total. The highest BCUT2D eigenvalue weighted by atomic mass is 16.4. The Labute approximate surface area is 85.0 Å². The van der Waals surface area contributed by atoms with Gasteiger partial charge >= 0.3 is 0 Å². The van der Waals surface area contributed by atoms with E-state index in [0.717, 1.165) is 19.3 Å². The summed E-state index contributed by atoms with van der Waals surface area (Å²) in [6.07, 6.45) is 0.178. The second kappa shape index (κ2) is 5.07. The average Bonchev–Trinajstić information content (AvgIpc) is 2.18. The third kappa shape index (κ3) is 2.45. The Kier molecular flexibility index (Phi) is 4.31. The van der Waals surface area contributed by atoms with Crippen molar-refractivity contribution in [1.29, 1.82) is 0 Å². The van der Waals surface area contributed by atoms with Gasteiger partial charge < -0.3 is 20.6 Å². The first-order valence-corrected chi connectivity index (χ1v) is 5.38. The molecule has 0 aliphatic carbocycles. The van der Waals surface area contributed by atoms with E-state index in [0.29, 0.717) is 0 Å². The van der Waals surface area contributed by atoms with Crippen molar-refractivity contribution in [2.75, 3.05) is 0 Å². The lowest BCUT2D eigenvalue weighted by Gasteiger charge is -2.40. The van der Waals surface area contributed by atoms with E-state index < -0.39 is 18.3 Å². The summed E-state index contributed by atoms with van der Waals surface area (Å²) in [5, 5.41) is 31.8. The molecule has 1 aliphatic rings. The van der Waals surface area contributed by atoms with Gasteiger partial charge in [0.1, 0.15) is 6.10 Å². The molecule has 0 aromatic carbocycles. The normalized spacial score (nSPS) is 43.9. The number of rotatable bonds is 3. The molecule has 1 heterocycles. The van der Waals surface area contributed by atoms with Crippen molar-refractivity contribution in [2.24, 2.45) is 0 Å². The number of unbranched alkanes of at least 4 members (excludes halogenated alkanes) is 1. The quantitative estimate of drug-likeness (QED) is 0.504. The van der Waals surface area contributed by atoms with Crippen molar-refractivity contribution < 1.29 is 15.3 Å². The first-order valence-electron chi connectivity index (χ1n) is 5.38. The van der Waals surface area contributed by atoms with Crippen molar-refractivity contribution in [2.45, 2.75) is 63.5 Å². The molecule has 0 aromatic rings. The van der Waals surface area contributed by atoms with Crippen LogP contribution in [0.4, 0.5) is 0 Å². The van der Waals surface area contributed by atoms with Gasteiger partial charge in [-0.2, -0.15) is 0 Å². The summed E-state index contributed by atoms with van der Waals surface area (Å²) in [5.41, 5.74) is 0. The minimum Gasteiger partial charge on any atom is -0.389 e. The van der Waals surface area contributed by atoms with Crippen molar-refractivity contribution in [3.8, 4) is 0 Å². The summed E-state index contributed by atoms with van der Waals surface area (Å²) < 4.78 is 0. The van der Waals surface area contributed by atoms with Crippen LogP contribution >= 0.6 is 0 Å². The first-order chi connectivity index (χ1) is 6.57.